The molecule has 0 aromatic carbocycles. The van der Waals surface area contributed by atoms with E-state index in [2.05, 4.69) is 28.8 Å². The smallest absolute Gasteiger partial charge is 0.193 e. The van der Waals surface area contributed by atoms with Crippen molar-refractivity contribution in [3.05, 3.63) is 36.8 Å². The maximum Gasteiger partial charge on any atom is 0.193 e. The van der Waals surface area contributed by atoms with E-state index in [9.17, 15) is 0 Å². The second-order valence-corrected chi connectivity index (χ2v) is 5.51. The fourth-order valence-electron chi connectivity index (χ4n) is 2.23. The minimum atomic E-state index is 0.635. The summed E-state index contributed by atoms with van der Waals surface area (Å²) in [6, 6.07) is 3.91. The minimum absolute atomic E-state index is 0.635. The van der Waals surface area contributed by atoms with E-state index in [1.165, 1.54) is 12.8 Å². The monoisotopic (exact) mass is 321 g/mol. The van der Waals surface area contributed by atoms with Crippen LogP contribution in [0.1, 0.15) is 31.4 Å². The molecule has 0 fully saturated rings. The van der Waals surface area contributed by atoms with Gasteiger partial charge in [0.1, 0.15) is 5.76 Å². The molecule has 0 unspecified atom stereocenters. The summed E-state index contributed by atoms with van der Waals surface area (Å²) in [6.07, 6.45) is 9.22. The predicted octanol–water partition coefficient (Wildman–Crippen LogP) is 3.09. The van der Waals surface area contributed by atoms with Crippen LogP contribution in [0.2, 0.25) is 0 Å². The number of hydrogen-bond acceptors (Lipinski definition) is 3. The SMILES string of the molecule is C=CCCCCCN(C)C(=NCCOC)NCCc1ccco1. The highest BCUT2D eigenvalue weighted by Gasteiger charge is 2.06. The van der Waals surface area contributed by atoms with Gasteiger partial charge in [-0.3, -0.25) is 4.99 Å². The van der Waals surface area contributed by atoms with Gasteiger partial charge in [-0.25, -0.2) is 0 Å². The molecule has 5 nitrogen and oxygen atoms in total. The summed E-state index contributed by atoms with van der Waals surface area (Å²) in [5.41, 5.74) is 0. The van der Waals surface area contributed by atoms with Crippen LogP contribution in [-0.2, 0) is 11.2 Å². The minimum Gasteiger partial charge on any atom is -0.469 e. The summed E-state index contributed by atoms with van der Waals surface area (Å²) in [7, 11) is 3.78. The molecule has 0 aliphatic carbocycles. The van der Waals surface area contributed by atoms with Crippen molar-refractivity contribution in [3.8, 4) is 0 Å². The van der Waals surface area contributed by atoms with Gasteiger partial charge in [0, 0.05) is 33.7 Å². The zero-order valence-electron chi connectivity index (χ0n) is 14.6. The van der Waals surface area contributed by atoms with Gasteiger partial charge in [-0.15, -0.1) is 6.58 Å². The molecule has 0 spiro atoms. The lowest BCUT2D eigenvalue weighted by molar-refractivity contribution is 0.207. The largest absolute Gasteiger partial charge is 0.469 e. The Kier molecular flexibility index (Phi) is 10.7. The number of ether oxygens (including phenoxy) is 1. The molecule has 0 aliphatic heterocycles. The van der Waals surface area contributed by atoms with Crippen molar-refractivity contribution in [2.45, 2.75) is 32.1 Å². The standard InChI is InChI=1S/C18H31N3O2/c1-4-5-6-7-8-14-21(2)18(20-13-16-22-3)19-12-11-17-10-9-15-23-17/h4,9-10,15H,1,5-8,11-14,16H2,2-3H3,(H,19,20). The summed E-state index contributed by atoms with van der Waals surface area (Å²) < 4.78 is 10.4. The molecule has 0 saturated heterocycles. The molecule has 1 heterocycles. The number of rotatable bonds is 12. The van der Waals surface area contributed by atoms with E-state index in [0.717, 1.165) is 44.1 Å². The first-order chi connectivity index (χ1) is 11.3. The van der Waals surface area contributed by atoms with Crippen molar-refractivity contribution in [2.75, 3.05) is 40.4 Å². The highest BCUT2D eigenvalue weighted by molar-refractivity contribution is 5.79. The fraction of sp³-hybridized carbons (Fsp3) is 0.611. The maximum atomic E-state index is 5.36. The van der Waals surface area contributed by atoms with Crippen LogP contribution >= 0.6 is 0 Å². The molecule has 5 heteroatoms. The Balaban J connectivity index is 2.36. The van der Waals surface area contributed by atoms with Gasteiger partial charge < -0.3 is 19.4 Å². The first-order valence-electron chi connectivity index (χ1n) is 8.39. The first kappa shape index (κ1) is 19.3. The van der Waals surface area contributed by atoms with E-state index in [4.69, 9.17) is 9.15 Å². The number of aliphatic imine (C=N–C) groups is 1. The first-order valence-corrected chi connectivity index (χ1v) is 8.39. The van der Waals surface area contributed by atoms with Crippen LogP contribution in [0.15, 0.2) is 40.5 Å². The van der Waals surface area contributed by atoms with Crippen LogP contribution < -0.4 is 5.32 Å². The van der Waals surface area contributed by atoms with Crippen molar-refractivity contribution < 1.29 is 9.15 Å². The second-order valence-electron chi connectivity index (χ2n) is 5.51. The Bertz CT molecular complexity index is 429. The summed E-state index contributed by atoms with van der Waals surface area (Å²) in [5.74, 6) is 1.91. The molecule has 0 bridgehead atoms. The molecule has 1 N–H and O–H groups in total. The molecule has 130 valence electrons. The van der Waals surface area contributed by atoms with Crippen molar-refractivity contribution in [1.29, 1.82) is 0 Å². The van der Waals surface area contributed by atoms with Crippen molar-refractivity contribution in [2.24, 2.45) is 4.99 Å². The van der Waals surface area contributed by atoms with Crippen LogP contribution in [0, 0.1) is 0 Å². The summed E-state index contributed by atoms with van der Waals surface area (Å²) in [5, 5.41) is 3.41. The number of allylic oxidation sites excluding steroid dienone is 1. The van der Waals surface area contributed by atoms with Crippen molar-refractivity contribution >= 4 is 5.96 Å². The summed E-state index contributed by atoms with van der Waals surface area (Å²) in [4.78, 5) is 6.79. The molecule has 0 aliphatic rings. The molecule has 1 rings (SSSR count). The van der Waals surface area contributed by atoms with E-state index in [0.29, 0.717) is 13.2 Å². The molecule has 0 radical (unpaired) electrons. The maximum absolute atomic E-state index is 5.36. The number of nitrogens with zero attached hydrogens (tertiary/aromatic N) is 2. The van der Waals surface area contributed by atoms with Crippen molar-refractivity contribution in [3.63, 3.8) is 0 Å². The Morgan fingerprint density at radius 3 is 3.00 bits per heavy atom. The lowest BCUT2D eigenvalue weighted by atomic mass is 10.2. The zero-order valence-corrected chi connectivity index (χ0v) is 14.6. The van der Waals surface area contributed by atoms with Gasteiger partial charge in [-0.05, 0) is 31.4 Å². The molecular formula is C18H31N3O2. The Morgan fingerprint density at radius 2 is 2.30 bits per heavy atom. The van der Waals surface area contributed by atoms with E-state index in [1.54, 1.807) is 13.4 Å². The van der Waals surface area contributed by atoms with Gasteiger partial charge in [0.15, 0.2) is 5.96 Å². The highest BCUT2D eigenvalue weighted by atomic mass is 16.5. The molecule has 1 aromatic heterocycles. The average Bonchev–Trinajstić information content (AvgIpc) is 3.06. The quantitative estimate of drug-likeness (QED) is 0.278. The van der Waals surface area contributed by atoms with Crippen LogP contribution in [0.3, 0.4) is 0 Å². The highest BCUT2D eigenvalue weighted by Crippen LogP contribution is 2.02. The van der Waals surface area contributed by atoms with Crippen LogP contribution in [0.25, 0.3) is 0 Å². The van der Waals surface area contributed by atoms with Crippen LogP contribution in [0.5, 0.6) is 0 Å². The molecule has 0 saturated carbocycles. The normalized spacial score (nSPS) is 11.5. The van der Waals surface area contributed by atoms with Gasteiger partial charge in [0.25, 0.3) is 0 Å². The topological polar surface area (TPSA) is 50.0 Å². The number of nitrogens with one attached hydrogen (secondary N) is 1. The number of methoxy groups -OCH3 is 1. The Labute approximate surface area is 140 Å². The van der Waals surface area contributed by atoms with E-state index < -0.39 is 0 Å². The third-order valence-electron chi connectivity index (χ3n) is 3.55. The van der Waals surface area contributed by atoms with Gasteiger partial charge in [-0.1, -0.05) is 12.5 Å². The van der Waals surface area contributed by atoms with Gasteiger partial charge >= 0.3 is 0 Å². The third kappa shape index (κ3) is 9.08. The second kappa shape index (κ2) is 12.8. The Hall–Kier alpha value is -1.75. The van der Waals surface area contributed by atoms with Gasteiger partial charge in [0.05, 0.1) is 19.4 Å². The van der Waals surface area contributed by atoms with E-state index in [1.807, 2.05) is 18.2 Å². The number of hydrogen-bond donors (Lipinski definition) is 1. The fourth-order valence-corrected chi connectivity index (χ4v) is 2.23. The molecule has 1 aromatic rings. The van der Waals surface area contributed by atoms with Crippen molar-refractivity contribution in [1.82, 2.24) is 10.2 Å². The predicted molar refractivity (Wildman–Crippen MR) is 95.9 cm³/mol. The molecule has 0 atom stereocenters. The number of guanidine groups is 1. The lowest BCUT2D eigenvalue weighted by Crippen LogP contribution is -2.40. The Morgan fingerprint density at radius 1 is 1.43 bits per heavy atom. The molecule has 0 amide bonds. The lowest BCUT2D eigenvalue weighted by Gasteiger charge is -2.22. The number of furan rings is 1. The third-order valence-corrected chi connectivity index (χ3v) is 3.55. The van der Waals surface area contributed by atoms with E-state index >= 15 is 0 Å². The molecule has 23 heavy (non-hydrogen) atoms. The van der Waals surface area contributed by atoms with Gasteiger partial charge in [0.2, 0.25) is 0 Å². The summed E-state index contributed by atoms with van der Waals surface area (Å²) in [6.45, 7) is 6.86. The van der Waals surface area contributed by atoms with E-state index in [-0.39, 0.29) is 0 Å². The van der Waals surface area contributed by atoms with Crippen LogP contribution in [-0.4, -0.2) is 51.3 Å². The molecular weight excluding hydrogens is 290 g/mol. The number of unbranched alkanes of at least 4 members (excludes halogenated alkanes) is 3. The average molecular weight is 321 g/mol. The summed E-state index contributed by atoms with van der Waals surface area (Å²) >= 11 is 0. The van der Waals surface area contributed by atoms with Crippen LogP contribution in [0.4, 0.5) is 0 Å². The van der Waals surface area contributed by atoms with Gasteiger partial charge in [-0.2, -0.15) is 0 Å². The zero-order chi connectivity index (χ0) is 16.8.